The van der Waals surface area contributed by atoms with Crippen LogP contribution >= 0.6 is 0 Å². The van der Waals surface area contributed by atoms with Crippen LogP contribution in [-0.4, -0.2) is 67.3 Å². The molecule has 0 aliphatic carbocycles. The third-order valence-corrected chi connectivity index (χ3v) is 5.61. The highest BCUT2D eigenvalue weighted by Gasteiger charge is 2.26. The number of nitrogens with zero attached hydrogens (tertiary/aromatic N) is 3. The van der Waals surface area contributed by atoms with Gasteiger partial charge in [0.2, 0.25) is 0 Å². The molecule has 1 amide bonds. The summed E-state index contributed by atoms with van der Waals surface area (Å²) in [5.41, 5.74) is 1.54. The maximum absolute atomic E-state index is 11.6. The van der Waals surface area contributed by atoms with Gasteiger partial charge in [0.05, 0.1) is 24.1 Å². The summed E-state index contributed by atoms with van der Waals surface area (Å²) in [5, 5.41) is 2.60. The molecule has 144 valence electrons. The van der Waals surface area contributed by atoms with E-state index in [9.17, 15) is 4.79 Å². The van der Waals surface area contributed by atoms with Crippen molar-refractivity contribution in [3.63, 3.8) is 0 Å². The van der Waals surface area contributed by atoms with Crippen LogP contribution in [0.3, 0.4) is 0 Å². The van der Waals surface area contributed by atoms with Gasteiger partial charge in [0.1, 0.15) is 5.69 Å². The largest absolute Gasteiger partial charge is 0.375 e. The van der Waals surface area contributed by atoms with Crippen LogP contribution in [0.4, 0.5) is 5.69 Å². The molecule has 3 rings (SSSR count). The van der Waals surface area contributed by atoms with E-state index in [0.717, 1.165) is 57.5 Å². The topological polar surface area (TPSA) is 57.7 Å². The van der Waals surface area contributed by atoms with Crippen molar-refractivity contribution in [1.82, 2.24) is 15.2 Å². The second-order valence-electron chi connectivity index (χ2n) is 7.63. The Labute approximate surface area is 156 Å². The average Bonchev–Trinajstić information content (AvgIpc) is 2.68. The summed E-state index contributed by atoms with van der Waals surface area (Å²) in [6.45, 7) is 8.82. The number of carbonyl (C=O) groups is 1. The molecular formula is C20H32N4O2. The highest BCUT2D eigenvalue weighted by atomic mass is 16.5. The van der Waals surface area contributed by atoms with Crippen LogP contribution in [0, 0.1) is 0 Å². The van der Waals surface area contributed by atoms with Crippen molar-refractivity contribution in [1.29, 1.82) is 0 Å². The second-order valence-corrected chi connectivity index (χ2v) is 7.63. The average molecular weight is 361 g/mol. The Morgan fingerprint density at radius 2 is 1.73 bits per heavy atom. The van der Waals surface area contributed by atoms with Crippen molar-refractivity contribution >= 4 is 11.6 Å². The highest BCUT2D eigenvalue weighted by Crippen LogP contribution is 2.24. The Hall–Kier alpha value is -1.66. The van der Waals surface area contributed by atoms with Gasteiger partial charge in [-0.25, -0.2) is 4.98 Å². The normalized spacial score (nSPS) is 20.5. The number of pyridine rings is 1. The standard InChI is InChI=1S/C20H32N4O2/c1-15(2)23-10-6-17(7-11-23)26-18-8-12-24(13-9-18)16-4-5-19(22-14-16)20(25)21-3/h4-5,14-15,17-18H,6-13H2,1-3H3,(H,21,25). The van der Waals surface area contributed by atoms with Gasteiger partial charge in [0.15, 0.2) is 0 Å². The quantitative estimate of drug-likeness (QED) is 0.873. The van der Waals surface area contributed by atoms with Gasteiger partial charge in [-0.15, -0.1) is 0 Å². The van der Waals surface area contributed by atoms with Crippen molar-refractivity contribution in [3.05, 3.63) is 24.0 Å². The molecule has 2 aliphatic heterocycles. The first-order valence-electron chi connectivity index (χ1n) is 9.89. The fraction of sp³-hybridized carbons (Fsp3) is 0.700. The van der Waals surface area contributed by atoms with Crippen molar-refractivity contribution < 1.29 is 9.53 Å². The molecule has 0 saturated carbocycles. The summed E-state index contributed by atoms with van der Waals surface area (Å²) in [6.07, 6.45) is 7.03. The zero-order valence-corrected chi connectivity index (χ0v) is 16.3. The Bertz CT molecular complexity index is 574. The molecule has 0 bridgehead atoms. The molecule has 2 saturated heterocycles. The molecule has 6 nitrogen and oxygen atoms in total. The summed E-state index contributed by atoms with van der Waals surface area (Å²) in [4.78, 5) is 20.7. The van der Waals surface area contributed by atoms with Crippen molar-refractivity contribution in [2.24, 2.45) is 0 Å². The molecular weight excluding hydrogens is 328 g/mol. The van der Waals surface area contributed by atoms with Gasteiger partial charge in [-0.2, -0.15) is 0 Å². The molecule has 2 fully saturated rings. The molecule has 1 aromatic heterocycles. The van der Waals surface area contributed by atoms with E-state index in [-0.39, 0.29) is 5.91 Å². The van der Waals surface area contributed by atoms with Gasteiger partial charge in [0, 0.05) is 39.3 Å². The number of amides is 1. The summed E-state index contributed by atoms with van der Waals surface area (Å²) in [7, 11) is 1.62. The molecule has 0 spiro atoms. The van der Waals surface area contributed by atoms with Crippen LogP contribution in [0.15, 0.2) is 18.3 Å². The number of nitrogens with one attached hydrogen (secondary N) is 1. The predicted molar refractivity (Wildman–Crippen MR) is 104 cm³/mol. The van der Waals surface area contributed by atoms with E-state index in [4.69, 9.17) is 4.74 Å². The van der Waals surface area contributed by atoms with Gasteiger partial charge in [-0.05, 0) is 51.7 Å². The van der Waals surface area contributed by atoms with Crippen LogP contribution in [0.2, 0.25) is 0 Å². The number of piperidine rings is 2. The molecule has 2 aliphatic rings. The van der Waals surface area contributed by atoms with E-state index in [1.165, 1.54) is 0 Å². The monoisotopic (exact) mass is 360 g/mol. The van der Waals surface area contributed by atoms with Gasteiger partial charge >= 0.3 is 0 Å². The highest BCUT2D eigenvalue weighted by molar-refractivity contribution is 5.92. The molecule has 1 N–H and O–H groups in total. The molecule has 0 atom stereocenters. The Balaban J connectivity index is 1.44. The molecule has 0 unspecified atom stereocenters. The second kappa shape index (κ2) is 8.82. The molecule has 26 heavy (non-hydrogen) atoms. The summed E-state index contributed by atoms with van der Waals surface area (Å²) < 4.78 is 6.39. The van der Waals surface area contributed by atoms with Gasteiger partial charge in [0.25, 0.3) is 5.91 Å². The van der Waals surface area contributed by atoms with Crippen LogP contribution in [0.25, 0.3) is 0 Å². The van der Waals surface area contributed by atoms with Crippen molar-refractivity contribution in [2.75, 3.05) is 38.1 Å². The number of ether oxygens (including phenoxy) is 1. The van der Waals surface area contributed by atoms with E-state index in [1.54, 1.807) is 19.3 Å². The van der Waals surface area contributed by atoms with Crippen LogP contribution in [0.1, 0.15) is 50.0 Å². The third kappa shape index (κ3) is 4.74. The number of hydrogen-bond acceptors (Lipinski definition) is 5. The fourth-order valence-corrected chi connectivity index (χ4v) is 3.89. The Morgan fingerprint density at radius 3 is 2.23 bits per heavy atom. The predicted octanol–water partition coefficient (Wildman–Crippen LogP) is 2.30. The number of rotatable bonds is 5. The minimum absolute atomic E-state index is 0.146. The van der Waals surface area contributed by atoms with E-state index in [1.807, 2.05) is 6.07 Å². The number of hydrogen-bond donors (Lipinski definition) is 1. The molecule has 0 aromatic carbocycles. The SMILES string of the molecule is CNC(=O)c1ccc(N2CCC(OC3CCN(C(C)C)CC3)CC2)cn1. The lowest BCUT2D eigenvalue weighted by Crippen LogP contribution is -2.43. The van der Waals surface area contributed by atoms with E-state index < -0.39 is 0 Å². The fourth-order valence-electron chi connectivity index (χ4n) is 3.89. The van der Waals surface area contributed by atoms with Gasteiger partial charge < -0.3 is 19.9 Å². The molecule has 0 radical (unpaired) electrons. The third-order valence-electron chi connectivity index (χ3n) is 5.61. The van der Waals surface area contributed by atoms with Gasteiger partial charge in [-0.1, -0.05) is 0 Å². The minimum atomic E-state index is -0.146. The summed E-state index contributed by atoms with van der Waals surface area (Å²) >= 11 is 0. The van der Waals surface area contributed by atoms with Gasteiger partial charge in [-0.3, -0.25) is 4.79 Å². The van der Waals surface area contributed by atoms with E-state index in [2.05, 4.69) is 33.9 Å². The minimum Gasteiger partial charge on any atom is -0.375 e. The lowest BCUT2D eigenvalue weighted by molar-refractivity contribution is -0.0540. The number of aromatic nitrogens is 1. The van der Waals surface area contributed by atoms with E-state index >= 15 is 0 Å². The summed E-state index contributed by atoms with van der Waals surface area (Å²) in [6, 6.07) is 4.42. The number of likely N-dealkylation sites (tertiary alicyclic amines) is 1. The first-order valence-corrected chi connectivity index (χ1v) is 9.89. The Morgan fingerprint density at radius 1 is 1.12 bits per heavy atom. The molecule has 1 aromatic rings. The first-order chi connectivity index (χ1) is 12.6. The zero-order valence-electron chi connectivity index (χ0n) is 16.3. The van der Waals surface area contributed by atoms with Crippen molar-refractivity contribution in [3.8, 4) is 0 Å². The lowest BCUT2D eigenvalue weighted by atomic mass is 10.0. The van der Waals surface area contributed by atoms with Crippen LogP contribution in [-0.2, 0) is 4.74 Å². The first kappa shape index (κ1) is 19.1. The van der Waals surface area contributed by atoms with Crippen molar-refractivity contribution in [2.45, 2.75) is 57.8 Å². The van der Waals surface area contributed by atoms with Crippen LogP contribution in [0.5, 0.6) is 0 Å². The smallest absolute Gasteiger partial charge is 0.269 e. The number of anilines is 1. The van der Waals surface area contributed by atoms with E-state index in [0.29, 0.717) is 23.9 Å². The molecule has 6 heteroatoms. The maximum Gasteiger partial charge on any atom is 0.269 e. The van der Waals surface area contributed by atoms with Crippen LogP contribution < -0.4 is 10.2 Å². The molecule has 3 heterocycles. The zero-order chi connectivity index (χ0) is 18.5. The maximum atomic E-state index is 11.6. The Kier molecular flexibility index (Phi) is 6.48. The summed E-state index contributed by atoms with van der Waals surface area (Å²) in [5.74, 6) is -0.146. The lowest BCUT2D eigenvalue weighted by Gasteiger charge is -2.38. The number of carbonyl (C=O) groups excluding carboxylic acids is 1.